The second-order valence-electron chi connectivity index (χ2n) is 8.01. The molecule has 2 saturated heterocycles. The average molecular weight is 436 g/mol. The summed E-state index contributed by atoms with van der Waals surface area (Å²) in [5.74, 6) is -0.0484. The van der Waals surface area contributed by atoms with Gasteiger partial charge in [-0.15, -0.1) is 0 Å². The molecule has 2 heterocycles. The van der Waals surface area contributed by atoms with Gasteiger partial charge in [-0.25, -0.2) is 4.79 Å². The van der Waals surface area contributed by atoms with Crippen molar-refractivity contribution in [2.24, 2.45) is 0 Å². The van der Waals surface area contributed by atoms with Crippen LogP contribution in [0.4, 0.5) is 4.79 Å². The van der Waals surface area contributed by atoms with E-state index in [9.17, 15) is 9.59 Å². The maximum atomic E-state index is 13.3. The molecule has 0 bridgehead atoms. The zero-order valence-corrected chi connectivity index (χ0v) is 18.1. The molecule has 1 N–H and O–H groups in total. The lowest BCUT2D eigenvalue weighted by atomic mass is 10.2. The molecule has 2 aromatic rings. The molecule has 0 aliphatic carbocycles. The lowest BCUT2D eigenvalue weighted by molar-refractivity contribution is -0.133. The molecule has 4 rings (SSSR count). The van der Waals surface area contributed by atoms with E-state index in [1.807, 2.05) is 60.7 Å². The number of nitrogens with zero attached hydrogens (tertiary/aromatic N) is 2. The summed E-state index contributed by atoms with van der Waals surface area (Å²) in [5.41, 5.74) is 5.73. The highest BCUT2D eigenvalue weighted by atomic mass is 16.6. The summed E-state index contributed by atoms with van der Waals surface area (Å²) in [5, 5.41) is 0. The van der Waals surface area contributed by atoms with E-state index in [1.165, 1.54) is 0 Å². The Bertz CT molecular complexity index is 933. The number of carbonyl (C=O) groups excluding carboxylic acids is 2. The highest BCUT2D eigenvalue weighted by Crippen LogP contribution is 2.27. The van der Waals surface area contributed by atoms with Gasteiger partial charge in [-0.05, 0) is 36.8 Å². The number of likely N-dealkylation sites (tertiary alicyclic amines) is 2. The van der Waals surface area contributed by atoms with Crippen LogP contribution < -0.4 is 5.48 Å². The third-order valence-corrected chi connectivity index (χ3v) is 5.80. The number of nitrogens with one attached hydrogen (secondary N) is 1. The molecule has 0 aromatic heterocycles. The quantitative estimate of drug-likeness (QED) is 0.526. The van der Waals surface area contributed by atoms with Crippen LogP contribution in [0.3, 0.4) is 0 Å². The van der Waals surface area contributed by atoms with Crippen molar-refractivity contribution >= 4 is 12.0 Å². The molecule has 32 heavy (non-hydrogen) atoms. The van der Waals surface area contributed by atoms with Gasteiger partial charge in [-0.1, -0.05) is 60.7 Å². The van der Waals surface area contributed by atoms with Gasteiger partial charge in [-0.3, -0.25) is 20.0 Å². The van der Waals surface area contributed by atoms with Crippen LogP contribution >= 0.6 is 0 Å². The van der Waals surface area contributed by atoms with Gasteiger partial charge in [-0.2, -0.15) is 0 Å². The Morgan fingerprint density at radius 3 is 2.34 bits per heavy atom. The zero-order valence-electron chi connectivity index (χ0n) is 18.1. The fourth-order valence-electron chi connectivity index (χ4n) is 4.13. The summed E-state index contributed by atoms with van der Waals surface area (Å²) < 4.78 is 5.47. The Kier molecular flexibility index (Phi) is 7.40. The first-order chi connectivity index (χ1) is 15.7. The first-order valence-electron chi connectivity index (χ1n) is 11.1. The maximum absolute atomic E-state index is 13.3. The SMILES string of the molecule is O=C([C@@H]1CCCN1C(=O)OCc1ccccc1)N1CCCC1=CNOCc1ccccc1. The standard InChI is InChI=1S/C25H29N3O4/c29-24(23-14-8-16-28(23)25(30)31-18-20-9-3-1-4-10-20)27-15-7-13-22(27)17-26-32-19-21-11-5-2-6-12-21/h1-6,9-12,17,23,26H,7-8,13-16,18-19H2/t23-/m0/s1. The monoisotopic (exact) mass is 435 g/mol. The Balaban J connectivity index is 1.31. The van der Waals surface area contributed by atoms with Crippen LogP contribution in [0.2, 0.25) is 0 Å². The summed E-state index contributed by atoms with van der Waals surface area (Å²) in [7, 11) is 0. The van der Waals surface area contributed by atoms with Crippen LogP contribution in [0, 0.1) is 0 Å². The normalized spacial score (nSPS) is 19.4. The van der Waals surface area contributed by atoms with Crippen molar-refractivity contribution in [3.05, 3.63) is 83.7 Å². The molecule has 2 fully saturated rings. The van der Waals surface area contributed by atoms with Gasteiger partial charge in [0.15, 0.2) is 0 Å². The van der Waals surface area contributed by atoms with Crippen molar-refractivity contribution in [3.63, 3.8) is 0 Å². The number of benzene rings is 2. The molecule has 1 atom stereocenters. The number of hydroxylamine groups is 1. The smallest absolute Gasteiger partial charge is 0.410 e. The van der Waals surface area contributed by atoms with Gasteiger partial charge >= 0.3 is 6.09 Å². The molecule has 7 heteroatoms. The van der Waals surface area contributed by atoms with E-state index >= 15 is 0 Å². The Morgan fingerprint density at radius 2 is 1.62 bits per heavy atom. The second-order valence-corrected chi connectivity index (χ2v) is 8.01. The largest absolute Gasteiger partial charge is 0.445 e. The molecule has 168 valence electrons. The molecular formula is C25H29N3O4. The molecule has 2 amide bonds. The van der Waals surface area contributed by atoms with Crippen molar-refractivity contribution < 1.29 is 19.2 Å². The average Bonchev–Trinajstić information content (AvgIpc) is 3.51. The molecule has 0 unspecified atom stereocenters. The van der Waals surface area contributed by atoms with Crippen molar-refractivity contribution in [2.75, 3.05) is 13.1 Å². The summed E-state index contributed by atoms with van der Waals surface area (Å²) in [4.78, 5) is 34.8. The minimum atomic E-state index is -0.481. The van der Waals surface area contributed by atoms with Crippen LogP contribution in [-0.4, -0.2) is 40.9 Å². The van der Waals surface area contributed by atoms with E-state index in [0.717, 1.165) is 36.1 Å². The van der Waals surface area contributed by atoms with E-state index in [1.54, 1.807) is 16.0 Å². The minimum absolute atomic E-state index is 0.0484. The molecule has 0 radical (unpaired) electrons. The third-order valence-electron chi connectivity index (χ3n) is 5.80. The van der Waals surface area contributed by atoms with Crippen molar-refractivity contribution in [1.29, 1.82) is 0 Å². The second kappa shape index (κ2) is 10.8. The van der Waals surface area contributed by atoms with Gasteiger partial charge in [0.25, 0.3) is 0 Å². The number of hydrogen-bond donors (Lipinski definition) is 1. The number of allylic oxidation sites excluding steroid dienone is 1. The van der Waals surface area contributed by atoms with Gasteiger partial charge < -0.3 is 9.64 Å². The first kappa shape index (κ1) is 21.9. The Morgan fingerprint density at radius 1 is 0.938 bits per heavy atom. The zero-order chi connectivity index (χ0) is 22.2. The van der Waals surface area contributed by atoms with Gasteiger partial charge in [0, 0.05) is 25.0 Å². The van der Waals surface area contributed by atoms with E-state index in [4.69, 9.17) is 9.57 Å². The highest BCUT2D eigenvalue weighted by molar-refractivity contribution is 5.87. The number of carbonyl (C=O) groups is 2. The van der Waals surface area contributed by atoms with Crippen molar-refractivity contribution in [3.8, 4) is 0 Å². The van der Waals surface area contributed by atoms with Crippen LogP contribution in [0.5, 0.6) is 0 Å². The summed E-state index contributed by atoms with van der Waals surface area (Å²) >= 11 is 0. The summed E-state index contributed by atoms with van der Waals surface area (Å²) in [6, 6.07) is 19.0. The third kappa shape index (κ3) is 5.48. The van der Waals surface area contributed by atoms with E-state index in [2.05, 4.69) is 5.48 Å². The van der Waals surface area contributed by atoms with Crippen LogP contribution in [-0.2, 0) is 27.6 Å². The molecule has 2 aliphatic rings. The number of ether oxygens (including phenoxy) is 1. The molecule has 0 saturated carbocycles. The fourth-order valence-corrected chi connectivity index (χ4v) is 4.13. The van der Waals surface area contributed by atoms with Crippen molar-refractivity contribution in [2.45, 2.75) is 44.9 Å². The maximum Gasteiger partial charge on any atom is 0.410 e. The topological polar surface area (TPSA) is 71.1 Å². The lowest BCUT2D eigenvalue weighted by Crippen LogP contribution is -2.46. The van der Waals surface area contributed by atoms with Gasteiger partial charge in [0.1, 0.15) is 12.6 Å². The predicted molar refractivity (Wildman–Crippen MR) is 120 cm³/mol. The minimum Gasteiger partial charge on any atom is -0.445 e. The number of hydrogen-bond acceptors (Lipinski definition) is 5. The number of rotatable bonds is 7. The summed E-state index contributed by atoms with van der Waals surface area (Å²) in [6.07, 6.45) is 4.45. The van der Waals surface area contributed by atoms with Gasteiger partial charge in [0.2, 0.25) is 5.91 Å². The lowest BCUT2D eigenvalue weighted by Gasteiger charge is -2.28. The van der Waals surface area contributed by atoms with Crippen molar-refractivity contribution in [1.82, 2.24) is 15.3 Å². The summed E-state index contributed by atoms with van der Waals surface area (Å²) in [6.45, 7) is 1.82. The molecule has 2 aromatic carbocycles. The van der Waals surface area contributed by atoms with E-state index in [0.29, 0.717) is 26.1 Å². The van der Waals surface area contributed by atoms with Crippen LogP contribution in [0.15, 0.2) is 72.6 Å². The Labute approximate surface area is 188 Å². The Hall–Kier alpha value is -3.32. The van der Waals surface area contributed by atoms with E-state index < -0.39 is 12.1 Å². The highest BCUT2D eigenvalue weighted by Gasteiger charge is 2.39. The first-order valence-corrected chi connectivity index (χ1v) is 11.1. The number of amides is 2. The molecular weight excluding hydrogens is 406 g/mol. The van der Waals surface area contributed by atoms with Crippen LogP contribution in [0.25, 0.3) is 0 Å². The fraction of sp³-hybridized carbons (Fsp3) is 0.360. The van der Waals surface area contributed by atoms with E-state index in [-0.39, 0.29) is 12.5 Å². The molecule has 2 aliphatic heterocycles. The van der Waals surface area contributed by atoms with Crippen LogP contribution in [0.1, 0.15) is 36.8 Å². The molecule has 0 spiro atoms. The van der Waals surface area contributed by atoms with Gasteiger partial charge in [0.05, 0.1) is 6.61 Å². The molecule has 7 nitrogen and oxygen atoms in total. The predicted octanol–water partition coefficient (Wildman–Crippen LogP) is 3.97.